The first kappa shape index (κ1) is 28.1. The van der Waals surface area contributed by atoms with Crippen molar-refractivity contribution in [3.63, 3.8) is 0 Å². The molecule has 0 saturated carbocycles. The van der Waals surface area contributed by atoms with Crippen molar-refractivity contribution < 1.29 is 33.3 Å². The summed E-state index contributed by atoms with van der Waals surface area (Å²) in [5, 5.41) is 2.54. The zero-order valence-corrected chi connectivity index (χ0v) is 20.6. The molecule has 8 heteroatoms. The molecule has 1 saturated heterocycles. The van der Waals surface area contributed by atoms with E-state index >= 15 is 0 Å². The number of unbranched alkanes of at least 4 members (excludes halogenated alkanes) is 1. The van der Waals surface area contributed by atoms with Crippen molar-refractivity contribution in [3.05, 3.63) is 23.8 Å². The Balaban J connectivity index is 2.95. The van der Waals surface area contributed by atoms with Crippen LogP contribution in [0.4, 0.5) is 4.79 Å². The summed E-state index contributed by atoms with van der Waals surface area (Å²) in [5.74, 6) is -0.606. The standard InChI is InChI=1S/C24H41NO7/c1-8-11-13-29-20-16-28-15-19(25-23(27)32-24(5,6)7)22(26)31-17(4)21(20)30-14-18(10-3)12-9-2/h9-10,12,17,19-21H,8,11,13-16H2,1-7H3,(H,25,27). The van der Waals surface area contributed by atoms with E-state index in [1.54, 1.807) is 27.7 Å². The van der Waals surface area contributed by atoms with Gasteiger partial charge in [0, 0.05) is 6.61 Å². The Kier molecular flexibility index (Phi) is 12.6. The number of carbonyl (C=O) groups excluding carboxylic acids is 2. The molecule has 0 aliphatic carbocycles. The second-order valence-corrected chi connectivity index (χ2v) is 8.78. The molecule has 1 fully saturated rings. The summed E-state index contributed by atoms with van der Waals surface area (Å²) in [6.07, 6.45) is 5.51. The Labute approximate surface area is 192 Å². The molecule has 4 unspecified atom stereocenters. The second kappa shape index (κ2) is 14.3. The van der Waals surface area contributed by atoms with E-state index in [-0.39, 0.29) is 13.2 Å². The van der Waals surface area contributed by atoms with Crippen LogP contribution in [0.2, 0.25) is 0 Å². The molecule has 32 heavy (non-hydrogen) atoms. The molecule has 1 rings (SSSR count). The topological polar surface area (TPSA) is 92.3 Å². The van der Waals surface area contributed by atoms with Crippen molar-refractivity contribution in [2.45, 2.75) is 91.3 Å². The van der Waals surface area contributed by atoms with Gasteiger partial charge in [-0.05, 0) is 53.5 Å². The molecule has 184 valence electrons. The molecule has 0 spiro atoms. The first-order valence-corrected chi connectivity index (χ1v) is 11.4. The molecule has 8 nitrogen and oxygen atoms in total. The Morgan fingerprint density at radius 3 is 2.53 bits per heavy atom. The molecule has 1 N–H and O–H groups in total. The number of nitrogens with one attached hydrogen (secondary N) is 1. The highest BCUT2D eigenvalue weighted by Crippen LogP contribution is 2.18. The van der Waals surface area contributed by atoms with Crippen molar-refractivity contribution >= 4 is 12.1 Å². The number of hydrogen-bond donors (Lipinski definition) is 1. The smallest absolute Gasteiger partial charge is 0.408 e. The van der Waals surface area contributed by atoms with Crippen LogP contribution in [0.5, 0.6) is 0 Å². The van der Waals surface area contributed by atoms with E-state index in [9.17, 15) is 9.59 Å². The van der Waals surface area contributed by atoms with Gasteiger partial charge in [0.05, 0.1) is 19.8 Å². The van der Waals surface area contributed by atoms with E-state index < -0.39 is 42.0 Å². The highest BCUT2D eigenvalue weighted by atomic mass is 16.6. The number of rotatable bonds is 9. The van der Waals surface area contributed by atoms with Gasteiger partial charge in [0.2, 0.25) is 0 Å². The van der Waals surface area contributed by atoms with Gasteiger partial charge in [-0.3, -0.25) is 0 Å². The molecule has 0 radical (unpaired) electrons. The van der Waals surface area contributed by atoms with Crippen molar-refractivity contribution in [2.24, 2.45) is 0 Å². The van der Waals surface area contributed by atoms with Gasteiger partial charge >= 0.3 is 12.1 Å². The molecular formula is C24H41NO7. The Bertz CT molecular complexity index is 639. The number of allylic oxidation sites excluding steroid dienone is 2. The van der Waals surface area contributed by atoms with E-state index in [1.165, 1.54) is 0 Å². The van der Waals surface area contributed by atoms with E-state index in [2.05, 4.69) is 12.2 Å². The number of esters is 1. The highest BCUT2D eigenvalue weighted by Gasteiger charge is 2.36. The van der Waals surface area contributed by atoms with Crippen LogP contribution >= 0.6 is 0 Å². The third kappa shape index (κ3) is 10.6. The quantitative estimate of drug-likeness (QED) is 0.320. The first-order chi connectivity index (χ1) is 15.1. The van der Waals surface area contributed by atoms with Crippen molar-refractivity contribution in [1.82, 2.24) is 5.32 Å². The van der Waals surface area contributed by atoms with Gasteiger partial charge in [0.15, 0.2) is 6.04 Å². The average Bonchev–Trinajstić information content (AvgIpc) is 2.74. The number of amides is 1. The fourth-order valence-corrected chi connectivity index (χ4v) is 3.05. The minimum atomic E-state index is -0.989. The Morgan fingerprint density at radius 1 is 1.22 bits per heavy atom. The lowest BCUT2D eigenvalue weighted by molar-refractivity contribution is -0.166. The van der Waals surface area contributed by atoms with Crippen LogP contribution < -0.4 is 5.32 Å². The van der Waals surface area contributed by atoms with Gasteiger partial charge in [0.1, 0.15) is 23.9 Å². The maximum Gasteiger partial charge on any atom is 0.408 e. The first-order valence-electron chi connectivity index (χ1n) is 11.4. The zero-order chi connectivity index (χ0) is 24.1. The molecule has 0 aromatic heterocycles. The normalized spacial score (nSPS) is 25.6. The molecule has 1 aliphatic heterocycles. The lowest BCUT2D eigenvalue weighted by Gasteiger charge is -2.30. The van der Waals surface area contributed by atoms with Gasteiger partial charge < -0.3 is 29.0 Å². The van der Waals surface area contributed by atoms with Gasteiger partial charge in [-0.25, -0.2) is 9.59 Å². The second-order valence-electron chi connectivity index (χ2n) is 8.78. The number of cyclic esters (lactones) is 1. The van der Waals surface area contributed by atoms with Crippen molar-refractivity contribution in [2.75, 3.05) is 26.4 Å². The SMILES string of the molecule is CC=CC(=CC)COC1C(C)OC(=O)C(NC(=O)OC(C)(C)C)COCC1OCCCC. The molecule has 0 aromatic rings. The summed E-state index contributed by atoms with van der Waals surface area (Å²) in [7, 11) is 0. The monoisotopic (exact) mass is 455 g/mol. The van der Waals surface area contributed by atoms with Gasteiger partial charge in [-0.1, -0.05) is 31.6 Å². The lowest BCUT2D eigenvalue weighted by Crippen LogP contribution is -2.48. The third-order valence-electron chi connectivity index (χ3n) is 4.70. The number of carbonyl (C=O) groups is 2. The van der Waals surface area contributed by atoms with Gasteiger partial charge in [-0.15, -0.1) is 0 Å². The maximum atomic E-state index is 12.7. The van der Waals surface area contributed by atoms with Crippen LogP contribution in [0.3, 0.4) is 0 Å². The Hall–Kier alpha value is -1.90. The number of ether oxygens (including phenoxy) is 5. The van der Waals surface area contributed by atoms with Crippen LogP contribution in [0.25, 0.3) is 0 Å². The van der Waals surface area contributed by atoms with Crippen LogP contribution in [0.1, 0.15) is 61.3 Å². The predicted molar refractivity (Wildman–Crippen MR) is 122 cm³/mol. The molecular weight excluding hydrogens is 414 g/mol. The summed E-state index contributed by atoms with van der Waals surface area (Å²) in [6, 6.07) is -0.989. The third-order valence-corrected chi connectivity index (χ3v) is 4.70. The fraction of sp³-hybridized carbons (Fsp3) is 0.750. The number of hydrogen-bond acceptors (Lipinski definition) is 7. The highest BCUT2D eigenvalue weighted by molar-refractivity contribution is 5.81. The van der Waals surface area contributed by atoms with E-state index in [0.29, 0.717) is 13.2 Å². The van der Waals surface area contributed by atoms with E-state index in [4.69, 9.17) is 23.7 Å². The largest absolute Gasteiger partial charge is 0.458 e. The summed E-state index contributed by atoms with van der Waals surface area (Å²) in [4.78, 5) is 24.9. The van der Waals surface area contributed by atoms with Crippen molar-refractivity contribution in [3.8, 4) is 0 Å². The summed E-state index contributed by atoms with van der Waals surface area (Å²) < 4.78 is 28.9. The maximum absolute atomic E-state index is 12.7. The summed E-state index contributed by atoms with van der Waals surface area (Å²) >= 11 is 0. The lowest BCUT2D eigenvalue weighted by atomic mass is 10.1. The van der Waals surface area contributed by atoms with Crippen LogP contribution in [-0.2, 0) is 28.5 Å². The summed E-state index contributed by atoms with van der Waals surface area (Å²) in [5.41, 5.74) is 0.318. The molecule has 1 heterocycles. The molecule has 0 aromatic carbocycles. The molecule has 4 atom stereocenters. The molecule has 1 amide bonds. The van der Waals surface area contributed by atoms with Crippen LogP contribution in [0.15, 0.2) is 23.8 Å². The van der Waals surface area contributed by atoms with Gasteiger partial charge in [0.25, 0.3) is 0 Å². The number of alkyl carbamates (subject to hydrolysis) is 1. The Morgan fingerprint density at radius 2 is 1.94 bits per heavy atom. The molecule has 0 bridgehead atoms. The minimum absolute atomic E-state index is 0.0517. The fourth-order valence-electron chi connectivity index (χ4n) is 3.05. The molecule has 1 aliphatic rings. The predicted octanol–water partition coefficient (Wildman–Crippen LogP) is 3.93. The van der Waals surface area contributed by atoms with Crippen LogP contribution in [-0.4, -0.2) is 68.4 Å². The summed E-state index contributed by atoms with van der Waals surface area (Å²) in [6.45, 7) is 14.0. The van der Waals surface area contributed by atoms with E-state index in [1.807, 2.05) is 32.1 Å². The van der Waals surface area contributed by atoms with E-state index in [0.717, 1.165) is 18.4 Å². The average molecular weight is 456 g/mol. The van der Waals surface area contributed by atoms with Gasteiger partial charge in [-0.2, -0.15) is 0 Å². The van der Waals surface area contributed by atoms with Crippen molar-refractivity contribution in [1.29, 1.82) is 0 Å². The minimum Gasteiger partial charge on any atom is -0.458 e. The zero-order valence-electron chi connectivity index (χ0n) is 20.6. The van der Waals surface area contributed by atoms with Crippen LogP contribution in [0, 0.1) is 0 Å².